The highest BCUT2D eigenvalue weighted by Crippen LogP contribution is 2.42. The highest BCUT2D eigenvalue weighted by Gasteiger charge is 2.30. The van der Waals surface area contributed by atoms with Crippen LogP contribution in [0.4, 0.5) is 5.69 Å². The summed E-state index contributed by atoms with van der Waals surface area (Å²) in [5.74, 6) is 0.412. The number of benzene rings is 1. The van der Waals surface area contributed by atoms with Crippen molar-refractivity contribution in [3.8, 4) is 5.75 Å². The zero-order valence-corrected chi connectivity index (χ0v) is 13.5. The Kier molecular flexibility index (Phi) is 3.53. The van der Waals surface area contributed by atoms with Gasteiger partial charge in [0.25, 0.3) is 0 Å². The van der Waals surface area contributed by atoms with Crippen molar-refractivity contribution in [1.29, 1.82) is 0 Å². The monoisotopic (exact) mass is 277 g/mol. The molecule has 0 amide bonds. The van der Waals surface area contributed by atoms with Crippen LogP contribution in [-0.4, -0.2) is 29.4 Å². The average Bonchev–Trinajstić information content (AvgIpc) is 2.22. The second kappa shape index (κ2) is 4.66. The molecule has 0 bridgehead atoms. The zero-order chi connectivity index (χ0) is 15.3. The molecule has 2 rings (SSSR count). The van der Waals surface area contributed by atoms with Crippen LogP contribution in [-0.2, 0) is 10.8 Å². The summed E-state index contributed by atoms with van der Waals surface area (Å²) in [5.41, 5.74) is 2.83. The van der Waals surface area contributed by atoms with Crippen LogP contribution in [0.5, 0.6) is 5.75 Å². The van der Waals surface area contributed by atoms with Gasteiger partial charge in [-0.25, -0.2) is 0 Å². The van der Waals surface area contributed by atoms with Gasteiger partial charge in [-0.2, -0.15) is 0 Å². The fraction of sp³-hybridized carbons (Fsp3) is 0.647. The molecule has 3 nitrogen and oxygen atoms in total. The van der Waals surface area contributed by atoms with Gasteiger partial charge in [0, 0.05) is 29.9 Å². The maximum Gasteiger partial charge on any atom is 0.123 e. The van der Waals surface area contributed by atoms with Crippen LogP contribution >= 0.6 is 0 Å². The Morgan fingerprint density at radius 3 is 1.65 bits per heavy atom. The van der Waals surface area contributed by atoms with Crippen LogP contribution < -0.4 is 4.90 Å². The number of nitrogens with zero attached hydrogens (tertiary/aromatic N) is 1. The summed E-state index contributed by atoms with van der Waals surface area (Å²) >= 11 is 0. The van der Waals surface area contributed by atoms with E-state index >= 15 is 0 Å². The number of hydrogen-bond donors (Lipinski definition) is 2. The average molecular weight is 277 g/mol. The van der Waals surface area contributed by atoms with Gasteiger partial charge in [0.05, 0.1) is 6.10 Å². The van der Waals surface area contributed by atoms with E-state index in [1.165, 1.54) is 0 Å². The third kappa shape index (κ3) is 2.78. The van der Waals surface area contributed by atoms with Gasteiger partial charge in [-0.05, 0) is 23.0 Å². The molecule has 2 N–H and O–H groups in total. The molecule has 0 aliphatic carbocycles. The van der Waals surface area contributed by atoms with Crippen LogP contribution in [0, 0.1) is 0 Å². The van der Waals surface area contributed by atoms with Crippen LogP contribution in [0.15, 0.2) is 12.1 Å². The van der Waals surface area contributed by atoms with Crippen molar-refractivity contribution in [3.63, 3.8) is 0 Å². The topological polar surface area (TPSA) is 43.7 Å². The fourth-order valence-corrected chi connectivity index (χ4v) is 2.61. The van der Waals surface area contributed by atoms with Gasteiger partial charge in [-0.15, -0.1) is 0 Å². The van der Waals surface area contributed by atoms with E-state index < -0.39 is 0 Å². The first kappa shape index (κ1) is 15.2. The molecule has 20 heavy (non-hydrogen) atoms. The SMILES string of the molecule is CC(C)(C)c1cc(N2CC(O)C2)cc(C(C)(C)C)c1O. The third-order valence-electron chi connectivity index (χ3n) is 3.94. The van der Waals surface area contributed by atoms with E-state index in [-0.39, 0.29) is 16.9 Å². The van der Waals surface area contributed by atoms with Crippen LogP contribution in [0.3, 0.4) is 0 Å². The van der Waals surface area contributed by atoms with E-state index in [9.17, 15) is 10.2 Å². The van der Waals surface area contributed by atoms with Gasteiger partial charge in [0.1, 0.15) is 5.75 Å². The molecule has 0 aromatic heterocycles. The molecule has 1 aromatic carbocycles. The normalized spacial score (nSPS) is 17.2. The molecule has 0 spiro atoms. The van der Waals surface area contributed by atoms with Gasteiger partial charge < -0.3 is 15.1 Å². The summed E-state index contributed by atoms with van der Waals surface area (Å²) in [7, 11) is 0. The quantitative estimate of drug-likeness (QED) is 0.828. The van der Waals surface area contributed by atoms with Crippen molar-refractivity contribution in [2.45, 2.75) is 58.5 Å². The molecule has 1 aliphatic rings. The highest BCUT2D eigenvalue weighted by molar-refractivity contribution is 5.61. The third-order valence-corrected chi connectivity index (χ3v) is 3.94. The number of rotatable bonds is 1. The molecule has 1 fully saturated rings. The number of aromatic hydroxyl groups is 1. The Labute approximate surface area is 122 Å². The maximum atomic E-state index is 10.6. The second-order valence-corrected chi connectivity index (χ2v) is 7.95. The Morgan fingerprint density at radius 2 is 1.35 bits per heavy atom. The largest absolute Gasteiger partial charge is 0.507 e. The minimum absolute atomic E-state index is 0.108. The number of phenols is 1. The molecule has 1 aliphatic heterocycles. The first-order valence-electron chi connectivity index (χ1n) is 7.31. The van der Waals surface area contributed by atoms with Crippen LogP contribution in [0.2, 0.25) is 0 Å². The first-order valence-corrected chi connectivity index (χ1v) is 7.31. The molecule has 3 heteroatoms. The summed E-state index contributed by atoms with van der Waals surface area (Å²) in [5, 5.41) is 20.1. The molecule has 0 radical (unpaired) electrons. The first-order chi connectivity index (χ1) is 9.00. The number of aliphatic hydroxyl groups excluding tert-OH is 1. The van der Waals surface area contributed by atoms with Crippen LogP contribution in [0.25, 0.3) is 0 Å². The van der Waals surface area contributed by atoms with Crippen molar-refractivity contribution >= 4 is 5.69 Å². The lowest BCUT2D eigenvalue weighted by atomic mass is 9.79. The molecular weight excluding hydrogens is 250 g/mol. The number of hydrogen-bond acceptors (Lipinski definition) is 3. The van der Waals surface area contributed by atoms with Crippen LogP contribution in [0.1, 0.15) is 52.7 Å². The van der Waals surface area contributed by atoms with E-state index in [4.69, 9.17) is 0 Å². The molecule has 1 saturated heterocycles. The number of β-amino-alcohol motifs (C(OH)–C–C–N with tert-alkyl or cyclic N) is 1. The van der Waals surface area contributed by atoms with E-state index in [0.29, 0.717) is 18.8 Å². The van der Waals surface area contributed by atoms with Gasteiger partial charge >= 0.3 is 0 Å². The molecule has 0 saturated carbocycles. The van der Waals surface area contributed by atoms with Crippen molar-refractivity contribution in [2.24, 2.45) is 0 Å². The summed E-state index contributed by atoms with van der Waals surface area (Å²) in [4.78, 5) is 2.16. The predicted octanol–water partition coefficient (Wildman–Crippen LogP) is 3.17. The van der Waals surface area contributed by atoms with Gasteiger partial charge in [-0.1, -0.05) is 41.5 Å². The van der Waals surface area contributed by atoms with E-state index in [0.717, 1.165) is 16.8 Å². The summed E-state index contributed by atoms with van der Waals surface area (Å²) < 4.78 is 0. The van der Waals surface area contributed by atoms with E-state index in [1.807, 2.05) is 0 Å². The predicted molar refractivity (Wildman–Crippen MR) is 83.7 cm³/mol. The number of aliphatic hydroxyl groups is 1. The Hall–Kier alpha value is -1.22. The second-order valence-electron chi connectivity index (χ2n) is 7.95. The molecule has 1 heterocycles. The molecule has 0 atom stereocenters. The lowest BCUT2D eigenvalue weighted by Crippen LogP contribution is -2.51. The molecule has 1 aromatic rings. The Balaban J connectivity index is 2.55. The number of phenolic OH excluding ortho intramolecular Hbond substituents is 1. The summed E-state index contributed by atoms with van der Waals surface area (Å²) in [6.07, 6.45) is -0.222. The summed E-state index contributed by atoms with van der Waals surface area (Å²) in [6.45, 7) is 14.0. The number of anilines is 1. The van der Waals surface area contributed by atoms with Gasteiger partial charge in [0.15, 0.2) is 0 Å². The maximum absolute atomic E-state index is 10.6. The van der Waals surface area contributed by atoms with Crippen molar-refractivity contribution < 1.29 is 10.2 Å². The minimum Gasteiger partial charge on any atom is -0.507 e. The molecule has 112 valence electrons. The Morgan fingerprint density at radius 1 is 0.950 bits per heavy atom. The van der Waals surface area contributed by atoms with Crippen molar-refractivity contribution in [1.82, 2.24) is 0 Å². The van der Waals surface area contributed by atoms with Gasteiger partial charge in [0.2, 0.25) is 0 Å². The van der Waals surface area contributed by atoms with E-state index in [2.05, 4.69) is 58.6 Å². The zero-order valence-electron chi connectivity index (χ0n) is 13.5. The highest BCUT2D eigenvalue weighted by atomic mass is 16.3. The standard InChI is InChI=1S/C17H27NO2/c1-16(2,3)13-7-11(18-9-12(19)10-18)8-14(15(13)20)17(4,5)6/h7-8,12,19-20H,9-10H2,1-6H3. The lowest BCUT2D eigenvalue weighted by Gasteiger charge is -2.39. The Bertz CT molecular complexity index is 468. The van der Waals surface area contributed by atoms with Gasteiger partial charge in [-0.3, -0.25) is 0 Å². The van der Waals surface area contributed by atoms with E-state index in [1.54, 1.807) is 0 Å². The van der Waals surface area contributed by atoms with Crippen molar-refractivity contribution in [2.75, 3.05) is 18.0 Å². The summed E-state index contributed by atoms with van der Waals surface area (Å²) in [6, 6.07) is 4.13. The lowest BCUT2D eigenvalue weighted by molar-refractivity contribution is 0.142. The molecular formula is C17H27NO2. The smallest absolute Gasteiger partial charge is 0.123 e. The van der Waals surface area contributed by atoms with Crippen molar-refractivity contribution in [3.05, 3.63) is 23.3 Å². The fourth-order valence-electron chi connectivity index (χ4n) is 2.61. The minimum atomic E-state index is -0.222. The molecule has 0 unspecified atom stereocenters.